The Labute approximate surface area is 174 Å². The fourth-order valence-corrected chi connectivity index (χ4v) is 3.47. The van der Waals surface area contributed by atoms with Crippen molar-refractivity contribution < 1.29 is 9.34 Å². The zero-order chi connectivity index (χ0) is 20.7. The van der Waals surface area contributed by atoms with Crippen molar-refractivity contribution in [3.63, 3.8) is 0 Å². The first-order valence-corrected chi connectivity index (χ1v) is 8.75. The van der Waals surface area contributed by atoms with Gasteiger partial charge in [-0.3, -0.25) is 29.9 Å². The third-order valence-corrected chi connectivity index (χ3v) is 4.85. The van der Waals surface area contributed by atoms with Crippen LogP contribution in [0.15, 0.2) is 50.4 Å². The van der Waals surface area contributed by atoms with Crippen LogP contribution in [0.5, 0.6) is 0 Å². The number of hydrogen-bond donors (Lipinski definition) is 4. The van der Waals surface area contributed by atoms with Crippen LogP contribution in [0, 0.1) is 24.0 Å². The van der Waals surface area contributed by atoms with Crippen molar-refractivity contribution in [3.8, 4) is 11.3 Å². The van der Waals surface area contributed by atoms with E-state index in [0.717, 1.165) is 0 Å². The molecule has 0 spiro atoms. The number of nitrogens with one attached hydrogen (secondary N) is 4. The third-order valence-electron chi connectivity index (χ3n) is 4.85. The van der Waals surface area contributed by atoms with Gasteiger partial charge in [-0.2, -0.15) is 0 Å². The molecule has 0 unspecified atom stereocenters. The van der Waals surface area contributed by atoms with Gasteiger partial charge in [-0.25, -0.2) is 0 Å². The van der Waals surface area contributed by atoms with E-state index in [4.69, 9.17) is 4.42 Å². The van der Waals surface area contributed by atoms with Gasteiger partial charge in [-0.05, 0) is 26.0 Å². The monoisotopic (exact) mass is 431 g/mol. The van der Waals surface area contributed by atoms with E-state index >= 15 is 0 Å². The average Bonchev–Trinajstić information content (AvgIpc) is 3.39. The van der Waals surface area contributed by atoms with Crippen LogP contribution in [-0.2, 0) is 0 Å². The van der Waals surface area contributed by atoms with E-state index in [1.165, 1.54) is 12.1 Å². The Morgan fingerprint density at radius 2 is 1.53 bits per heavy atom. The lowest BCUT2D eigenvalue weighted by molar-refractivity contribution is -0.384. The normalized spacial score (nSPS) is 10.9. The second kappa shape index (κ2) is 7.91. The molecule has 3 aromatic heterocycles. The average molecular weight is 432 g/mol. The van der Waals surface area contributed by atoms with Crippen LogP contribution in [0.3, 0.4) is 0 Å². The van der Waals surface area contributed by atoms with Gasteiger partial charge in [0.15, 0.2) is 0 Å². The summed E-state index contributed by atoms with van der Waals surface area (Å²) >= 11 is 0. The maximum absolute atomic E-state index is 12.4. The van der Waals surface area contributed by atoms with Crippen LogP contribution in [-0.4, -0.2) is 25.3 Å². The number of hydrogen-bond acceptors (Lipinski definition) is 5. The number of rotatable bonds is 5. The molecule has 0 bridgehead atoms. The van der Waals surface area contributed by atoms with E-state index in [2.05, 4.69) is 20.4 Å². The molecule has 0 aliphatic rings. The van der Waals surface area contributed by atoms with Crippen molar-refractivity contribution in [2.24, 2.45) is 0 Å². The minimum Gasteiger partial charge on any atom is -0.460 e. The lowest BCUT2D eigenvalue weighted by atomic mass is 9.89. The van der Waals surface area contributed by atoms with E-state index in [0.29, 0.717) is 39.6 Å². The van der Waals surface area contributed by atoms with Crippen molar-refractivity contribution in [2.45, 2.75) is 19.8 Å². The molecule has 0 fully saturated rings. The number of nitro groups is 1. The lowest BCUT2D eigenvalue weighted by Crippen LogP contribution is -2.19. The van der Waals surface area contributed by atoms with Crippen molar-refractivity contribution in [1.29, 1.82) is 0 Å². The highest BCUT2D eigenvalue weighted by Crippen LogP contribution is 2.35. The molecule has 4 aromatic rings. The molecule has 4 rings (SSSR count). The summed E-state index contributed by atoms with van der Waals surface area (Å²) in [6.45, 7) is 3.45. The SMILES string of the molecule is Cc1[nH][nH]c(=O)c1C(c1ccc(-c2cccc([N+](=O)[O-])c2)o1)c1c(C)[nH][nH]c1=O.Cl. The molecular weight excluding hydrogens is 414 g/mol. The number of nitro benzene ring substituents is 1. The number of benzene rings is 1. The first-order chi connectivity index (χ1) is 13.9. The minimum atomic E-state index is -0.757. The fraction of sp³-hybridized carbons (Fsp3) is 0.158. The van der Waals surface area contributed by atoms with Gasteiger partial charge in [0.1, 0.15) is 11.5 Å². The smallest absolute Gasteiger partial charge is 0.270 e. The molecule has 30 heavy (non-hydrogen) atoms. The summed E-state index contributed by atoms with van der Waals surface area (Å²) in [4.78, 5) is 35.5. The number of non-ortho nitro benzene ring substituents is 1. The molecule has 1 aromatic carbocycles. The van der Waals surface area contributed by atoms with E-state index in [9.17, 15) is 19.7 Å². The molecule has 4 N–H and O–H groups in total. The van der Waals surface area contributed by atoms with Crippen molar-refractivity contribution in [1.82, 2.24) is 20.4 Å². The predicted molar refractivity (Wildman–Crippen MR) is 111 cm³/mol. The number of aryl methyl sites for hydroxylation is 2. The van der Waals surface area contributed by atoms with Crippen LogP contribution < -0.4 is 11.1 Å². The molecule has 0 saturated carbocycles. The molecule has 0 aliphatic carbocycles. The summed E-state index contributed by atoms with van der Waals surface area (Å²) < 4.78 is 5.98. The highest BCUT2D eigenvalue weighted by molar-refractivity contribution is 5.85. The summed E-state index contributed by atoms with van der Waals surface area (Å²) in [7, 11) is 0. The predicted octanol–water partition coefficient (Wildman–Crippen LogP) is 3.11. The molecule has 0 aliphatic heterocycles. The molecule has 0 radical (unpaired) electrons. The molecule has 156 valence electrons. The first kappa shape index (κ1) is 20.9. The quantitative estimate of drug-likeness (QED) is 0.282. The summed E-state index contributed by atoms with van der Waals surface area (Å²) in [5.74, 6) is 0.00305. The molecule has 0 saturated heterocycles. The van der Waals surface area contributed by atoms with E-state index in [1.54, 1.807) is 38.1 Å². The zero-order valence-corrected chi connectivity index (χ0v) is 16.8. The maximum Gasteiger partial charge on any atom is 0.270 e. The van der Waals surface area contributed by atoms with Gasteiger partial charge < -0.3 is 14.6 Å². The van der Waals surface area contributed by atoms with Crippen molar-refractivity contribution in [2.75, 3.05) is 0 Å². The first-order valence-electron chi connectivity index (χ1n) is 8.75. The molecule has 3 heterocycles. The summed E-state index contributed by atoms with van der Waals surface area (Å²) in [5, 5.41) is 21.6. The van der Waals surface area contributed by atoms with Gasteiger partial charge >= 0.3 is 0 Å². The Bertz CT molecular complexity index is 1270. The molecule has 11 heteroatoms. The van der Waals surface area contributed by atoms with Crippen molar-refractivity contribution >= 4 is 18.1 Å². The van der Waals surface area contributed by atoms with Crippen LogP contribution in [0.4, 0.5) is 5.69 Å². The molecular formula is C19H18ClN5O5. The topological polar surface area (TPSA) is 154 Å². The van der Waals surface area contributed by atoms with Crippen LogP contribution in [0.2, 0.25) is 0 Å². The summed E-state index contributed by atoms with van der Waals surface area (Å²) in [6.07, 6.45) is 0. The number of halogens is 1. The van der Waals surface area contributed by atoms with Crippen molar-refractivity contribution in [3.05, 3.63) is 95.5 Å². The Morgan fingerprint density at radius 1 is 0.933 bits per heavy atom. The molecule has 10 nitrogen and oxygen atoms in total. The Kier molecular flexibility index (Phi) is 5.52. The highest BCUT2D eigenvalue weighted by Gasteiger charge is 2.30. The Balaban J connectivity index is 0.00000256. The summed E-state index contributed by atoms with van der Waals surface area (Å²) in [6, 6.07) is 9.37. The zero-order valence-electron chi connectivity index (χ0n) is 15.9. The largest absolute Gasteiger partial charge is 0.460 e. The number of aromatic amines is 4. The van der Waals surface area contributed by atoms with E-state index < -0.39 is 10.8 Å². The van der Waals surface area contributed by atoms with Crippen LogP contribution in [0.25, 0.3) is 11.3 Å². The minimum absolute atomic E-state index is 0. The number of furan rings is 1. The Morgan fingerprint density at radius 3 is 2.03 bits per heavy atom. The number of aromatic nitrogens is 4. The standard InChI is InChI=1S/C19H17N5O5.ClH/c1-9-15(18(25)22-20-9)17(16-10(2)21-23-19(16)26)14-7-6-13(29-14)11-4-3-5-12(8-11)24(27)28;/h3-8,17H,1-2H3,(H2,20,22,25)(H2,21,23,26);1H. The third kappa shape index (κ3) is 3.48. The fourth-order valence-electron chi connectivity index (χ4n) is 3.47. The van der Waals surface area contributed by atoms with Crippen LogP contribution >= 0.6 is 12.4 Å². The maximum atomic E-state index is 12.4. The molecule has 0 amide bonds. The number of nitrogens with zero attached hydrogens (tertiary/aromatic N) is 1. The molecule has 0 atom stereocenters. The van der Waals surface area contributed by atoms with Gasteiger partial charge in [-0.15, -0.1) is 12.4 Å². The second-order valence-corrected chi connectivity index (χ2v) is 6.68. The second-order valence-electron chi connectivity index (χ2n) is 6.68. The van der Waals surface area contributed by atoms with Gasteiger partial charge in [-0.1, -0.05) is 12.1 Å². The Hall–Kier alpha value is -3.79. The van der Waals surface area contributed by atoms with E-state index in [1.807, 2.05) is 0 Å². The van der Waals surface area contributed by atoms with Gasteiger partial charge in [0.2, 0.25) is 0 Å². The van der Waals surface area contributed by atoms with Gasteiger partial charge in [0.05, 0.1) is 22.0 Å². The van der Waals surface area contributed by atoms with Crippen LogP contribution in [0.1, 0.15) is 34.2 Å². The number of H-pyrrole nitrogens is 4. The van der Waals surface area contributed by atoms with Gasteiger partial charge in [0, 0.05) is 29.1 Å². The highest BCUT2D eigenvalue weighted by atomic mass is 35.5. The van der Waals surface area contributed by atoms with E-state index in [-0.39, 0.29) is 29.2 Å². The summed E-state index contributed by atoms with van der Waals surface area (Å²) in [5.41, 5.74) is 1.61. The lowest BCUT2D eigenvalue weighted by Gasteiger charge is -2.12. The van der Waals surface area contributed by atoms with Gasteiger partial charge in [0.25, 0.3) is 16.8 Å².